The Kier molecular flexibility index (Phi) is 3.08. The molecular formula is C11H20N2O3. The van der Waals surface area contributed by atoms with Crippen LogP contribution in [0.4, 0.5) is 4.79 Å². The van der Waals surface area contributed by atoms with E-state index < -0.39 is 5.60 Å². The highest BCUT2D eigenvalue weighted by molar-refractivity contribution is 5.69. The summed E-state index contributed by atoms with van der Waals surface area (Å²) in [7, 11) is 0. The van der Waals surface area contributed by atoms with Crippen LogP contribution in [0.2, 0.25) is 0 Å². The number of hydrogen-bond acceptors (Lipinski definition) is 4. The molecule has 0 aromatic carbocycles. The van der Waals surface area contributed by atoms with Gasteiger partial charge in [0, 0.05) is 13.1 Å². The van der Waals surface area contributed by atoms with E-state index in [1.807, 2.05) is 20.8 Å². The van der Waals surface area contributed by atoms with Crippen molar-refractivity contribution in [3.05, 3.63) is 0 Å². The van der Waals surface area contributed by atoms with Crippen molar-refractivity contribution in [2.45, 2.75) is 38.5 Å². The van der Waals surface area contributed by atoms with Crippen LogP contribution in [-0.2, 0) is 9.47 Å². The number of amides is 1. The van der Waals surface area contributed by atoms with Crippen LogP contribution in [-0.4, -0.2) is 55.0 Å². The maximum Gasteiger partial charge on any atom is 0.410 e. The van der Waals surface area contributed by atoms with Crippen molar-refractivity contribution in [1.29, 1.82) is 0 Å². The van der Waals surface area contributed by atoms with Gasteiger partial charge in [-0.25, -0.2) is 4.79 Å². The van der Waals surface area contributed by atoms with Crippen molar-refractivity contribution in [2.75, 3.05) is 26.3 Å². The first kappa shape index (κ1) is 11.7. The van der Waals surface area contributed by atoms with Gasteiger partial charge in [-0.2, -0.15) is 0 Å². The summed E-state index contributed by atoms with van der Waals surface area (Å²) in [5, 5.41) is 3.35. The fourth-order valence-corrected chi connectivity index (χ4v) is 2.13. The summed E-state index contributed by atoms with van der Waals surface area (Å²) in [4.78, 5) is 13.8. The van der Waals surface area contributed by atoms with E-state index in [0.29, 0.717) is 19.8 Å². The van der Waals surface area contributed by atoms with Crippen molar-refractivity contribution < 1.29 is 14.3 Å². The van der Waals surface area contributed by atoms with Crippen molar-refractivity contribution in [3.63, 3.8) is 0 Å². The number of nitrogens with zero attached hydrogens (tertiary/aromatic N) is 1. The van der Waals surface area contributed by atoms with Gasteiger partial charge < -0.3 is 14.8 Å². The van der Waals surface area contributed by atoms with Crippen LogP contribution < -0.4 is 5.32 Å². The molecule has 16 heavy (non-hydrogen) atoms. The minimum atomic E-state index is -0.434. The van der Waals surface area contributed by atoms with Gasteiger partial charge >= 0.3 is 6.09 Å². The molecule has 92 valence electrons. The van der Waals surface area contributed by atoms with Gasteiger partial charge in [0.15, 0.2) is 0 Å². The van der Waals surface area contributed by atoms with E-state index in [0.717, 1.165) is 6.54 Å². The molecular weight excluding hydrogens is 208 g/mol. The molecule has 0 bridgehead atoms. The van der Waals surface area contributed by atoms with Crippen LogP contribution in [0.1, 0.15) is 20.8 Å². The Bertz CT molecular complexity index is 275. The summed E-state index contributed by atoms with van der Waals surface area (Å²) in [6, 6.07) is 0.393. The molecule has 5 heteroatoms. The summed E-state index contributed by atoms with van der Waals surface area (Å²) >= 11 is 0. The van der Waals surface area contributed by atoms with Crippen LogP contribution in [0.25, 0.3) is 0 Å². The Morgan fingerprint density at radius 3 is 2.88 bits per heavy atom. The second-order valence-corrected chi connectivity index (χ2v) is 5.34. The summed E-state index contributed by atoms with van der Waals surface area (Å²) in [5.74, 6) is 0. The smallest absolute Gasteiger partial charge is 0.410 e. The van der Waals surface area contributed by atoms with Crippen LogP contribution >= 0.6 is 0 Å². The van der Waals surface area contributed by atoms with Gasteiger partial charge in [0.1, 0.15) is 5.60 Å². The van der Waals surface area contributed by atoms with Gasteiger partial charge in [0.05, 0.1) is 25.3 Å². The summed E-state index contributed by atoms with van der Waals surface area (Å²) in [6.07, 6.45) is -0.227. The molecule has 2 atom stereocenters. The van der Waals surface area contributed by atoms with Crippen LogP contribution in [0.3, 0.4) is 0 Å². The highest BCUT2D eigenvalue weighted by Crippen LogP contribution is 2.19. The molecule has 2 saturated heterocycles. The molecule has 0 saturated carbocycles. The number of hydrogen-bond donors (Lipinski definition) is 1. The third kappa shape index (κ3) is 2.47. The predicted molar refractivity (Wildman–Crippen MR) is 59.3 cm³/mol. The van der Waals surface area contributed by atoms with Gasteiger partial charge in [-0.1, -0.05) is 0 Å². The largest absolute Gasteiger partial charge is 0.444 e. The minimum absolute atomic E-state index is 0.128. The van der Waals surface area contributed by atoms with Gasteiger partial charge in [-0.3, -0.25) is 4.90 Å². The lowest BCUT2D eigenvalue weighted by molar-refractivity contribution is 0.00881. The Labute approximate surface area is 96.1 Å². The van der Waals surface area contributed by atoms with E-state index >= 15 is 0 Å². The van der Waals surface area contributed by atoms with Crippen molar-refractivity contribution in [1.82, 2.24) is 10.2 Å². The normalized spacial score (nSPS) is 30.1. The van der Waals surface area contributed by atoms with E-state index in [2.05, 4.69) is 5.32 Å². The highest BCUT2D eigenvalue weighted by Gasteiger charge is 2.39. The first-order valence-corrected chi connectivity index (χ1v) is 5.78. The standard InChI is InChI=1S/C11H20N2O3/c1-11(2,3)16-10(14)13-5-4-12-8-6-15-7-9(8)13/h8-9,12H,4-7H2,1-3H3/t8-,9-/m1/s1. The number of carbonyl (C=O) groups excluding carboxylic acids is 1. The van der Waals surface area contributed by atoms with Crippen LogP contribution in [0, 0.1) is 0 Å². The van der Waals surface area contributed by atoms with Crippen LogP contribution in [0.5, 0.6) is 0 Å². The van der Waals surface area contributed by atoms with Gasteiger partial charge in [0.25, 0.3) is 0 Å². The molecule has 0 aliphatic carbocycles. The maximum atomic E-state index is 12.0. The molecule has 0 unspecified atom stereocenters. The van der Waals surface area contributed by atoms with Crippen molar-refractivity contribution in [3.8, 4) is 0 Å². The lowest BCUT2D eigenvalue weighted by atomic mass is 10.1. The molecule has 0 aromatic rings. The van der Waals surface area contributed by atoms with Gasteiger partial charge in [0.2, 0.25) is 0 Å². The second-order valence-electron chi connectivity index (χ2n) is 5.34. The van der Waals surface area contributed by atoms with E-state index in [1.54, 1.807) is 4.90 Å². The number of rotatable bonds is 0. The fraction of sp³-hybridized carbons (Fsp3) is 0.909. The quantitative estimate of drug-likeness (QED) is 0.659. The van der Waals surface area contributed by atoms with Crippen molar-refractivity contribution in [2.24, 2.45) is 0 Å². The first-order chi connectivity index (χ1) is 7.47. The lowest BCUT2D eigenvalue weighted by Crippen LogP contribution is -2.59. The second kappa shape index (κ2) is 4.22. The van der Waals surface area contributed by atoms with E-state index in [-0.39, 0.29) is 18.2 Å². The fourth-order valence-electron chi connectivity index (χ4n) is 2.13. The SMILES string of the molecule is CC(C)(C)OC(=O)N1CCN[C@@H]2COC[C@H]21. The van der Waals surface area contributed by atoms with E-state index in [1.165, 1.54) is 0 Å². The Balaban J connectivity index is 2.00. The molecule has 2 heterocycles. The molecule has 2 rings (SSSR count). The number of carbonyl (C=O) groups is 1. The number of ether oxygens (including phenoxy) is 2. The van der Waals surface area contributed by atoms with E-state index in [9.17, 15) is 4.79 Å². The molecule has 1 amide bonds. The third-order valence-electron chi connectivity index (χ3n) is 2.84. The molecule has 0 radical (unpaired) electrons. The Morgan fingerprint density at radius 2 is 2.19 bits per heavy atom. The minimum Gasteiger partial charge on any atom is -0.444 e. The molecule has 1 N–H and O–H groups in total. The molecule has 0 aromatic heterocycles. The lowest BCUT2D eigenvalue weighted by Gasteiger charge is -2.37. The number of fused-ring (bicyclic) bond motifs is 1. The highest BCUT2D eigenvalue weighted by atomic mass is 16.6. The molecule has 2 fully saturated rings. The Morgan fingerprint density at radius 1 is 1.44 bits per heavy atom. The summed E-state index contributed by atoms with van der Waals surface area (Å²) in [5.41, 5.74) is -0.434. The zero-order valence-electron chi connectivity index (χ0n) is 10.2. The first-order valence-electron chi connectivity index (χ1n) is 5.78. The van der Waals surface area contributed by atoms with Gasteiger partial charge in [-0.15, -0.1) is 0 Å². The number of nitrogens with one attached hydrogen (secondary N) is 1. The average molecular weight is 228 g/mol. The zero-order valence-corrected chi connectivity index (χ0v) is 10.2. The predicted octanol–water partition coefficient (Wildman–Crippen LogP) is 0.594. The molecule has 2 aliphatic rings. The zero-order chi connectivity index (χ0) is 11.8. The average Bonchev–Trinajstić information content (AvgIpc) is 2.61. The third-order valence-corrected chi connectivity index (χ3v) is 2.84. The Hall–Kier alpha value is -0.810. The van der Waals surface area contributed by atoms with Gasteiger partial charge in [-0.05, 0) is 20.8 Å². The van der Waals surface area contributed by atoms with E-state index in [4.69, 9.17) is 9.47 Å². The summed E-state index contributed by atoms with van der Waals surface area (Å²) < 4.78 is 10.8. The van der Waals surface area contributed by atoms with Crippen LogP contribution in [0.15, 0.2) is 0 Å². The monoisotopic (exact) mass is 228 g/mol. The van der Waals surface area contributed by atoms with Crippen molar-refractivity contribution >= 4 is 6.09 Å². The summed E-state index contributed by atoms with van der Waals surface area (Å²) in [6.45, 7) is 8.45. The maximum absolute atomic E-state index is 12.0. The molecule has 5 nitrogen and oxygen atoms in total. The molecule has 0 spiro atoms. The molecule has 2 aliphatic heterocycles. The number of piperazine rings is 1. The topological polar surface area (TPSA) is 50.8 Å².